The number of aryl methyl sites for hydroxylation is 2. The van der Waals surface area contributed by atoms with Gasteiger partial charge in [-0.2, -0.15) is 20.1 Å². The fourth-order valence-electron chi connectivity index (χ4n) is 3.08. The van der Waals surface area contributed by atoms with Crippen LogP contribution in [0.5, 0.6) is 0 Å². The molecule has 160 valence electrons. The molecule has 1 aliphatic heterocycles. The monoisotopic (exact) mass is 481 g/mol. The van der Waals surface area contributed by atoms with Crippen LogP contribution in [0.3, 0.4) is 0 Å². The number of hydrogen-bond acceptors (Lipinski definition) is 8. The molecule has 0 saturated carbocycles. The van der Waals surface area contributed by atoms with Crippen molar-refractivity contribution in [2.24, 2.45) is 5.10 Å². The van der Waals surface area contributed by atoms with Crippen LogP contribution < -0.4 is 15.6 Å². The molecule has 0 aliphatic carbocycles. The Balaban J connectivity index is 1.59. The first-order chi connectivity index (χ1) is 15.1. The van der Waals surface area contributed by atoms with Gasteiger partial charge < -0.3 is 15.0 Å². The lowest BCUT2D eigenvalue weighted by atomic mass is 10.1. The van der Waals surface area contributed by atoms with E-state index >= 15 is 0 Å². The Morgan fingerprint density at radius 1 is 1.00 bits per heavy atom. The van der Waals surface area contributed by atoms with Gasteiger partial charge in [-0.25, -0.2) is 5.43 Å². The van der Waals surface area contributed by atoms with Crippen molar-refractivity contribution in [2.45, 2.75) is 13.8 Å². The van der Waals surface area contributed by atoms with Gasteiger partial charge in [0.1, 0.15) is 0 Å². The third kappa shape index (κ3) is 5.77. The maximum Gasteiger partial charge on any atom is 0.250 e. The van der Waals surface area contributed by atoms with Crippen LogP contribution in [0.15, 0.2) is 52.0 Å². The molecule has 2 aromatic carbocycles. The molecule has 0 atom stereocenters. The Morgan fingerprint density at radius 3 is 2.52 bits per heavy atom. The summed E-state index contributed by atoms with van der Waals surface area (Å²) in [6.45, 7) is 6.86. The second-order valence-electron chi connectivity index (χ2n) is 7.25. The van der Waals surface area contributed by atoms with E-state index in [9.17, 15) is 0 Å². The molecule has 3 aromatic rings. The predicted octanol–water partition coefficient (Wildman–Crippen LogP) is 4.28. The summed E-state index contributed by atoms with van der Waals surface area (Å²) < 4.78 is 6.48. The van der Waals surface area contributed by atoms with Gasteiger partial charge in [-0.05, 0) is 48.7 Å². The van der Waals surface area contributed by atoms with Crippen molar-refractivity contribution in [3.05, 3.63) is 63.6 Å². The molecule has 1 fully saturated rings. The molecule has 1 saturated heterocycles. The Labute approximate surface area is 189 Å². The summed E-state index contributed by atoms with van der Waals surface area (Å²) in [5.74, 6) is 1.43. The quantitative estimate of drug-likeness (QED) is 0.401. The highest BCUT2D eigenvalue weighted by molar-refractivity contribution is 9.10. The minimum absolute atomic E-state index is 0.373. The number of nitrogens with zero attached hydrogens (tertiary/aromatic N) is 5. The topological polar surface area (TPSA) is 87.6 Å². The molecule has 2 N–H and O–H groups in total. The Hall–Kier alpha value is -3.04. The fraction of sp³-hybridized carbons (Fsp3) is 0.273. The zero-order valence-electron chi connectivity index (χ0n) is 17.5. The number of aromatic nitrogens is 3. The maximum absolute atomic E-state index is 5.46. The summed E-state index contributed by atoms with van der Waals surface area (Å²) >= 11 is 3.43. The van der Waals surface area contributed by atoms with E-state index in [1.165, 1.54) is 0 Å². The Kier molecular flexibility index (Phi) is 6.73. The van der Waals surface area contributed by atoms with E-state index in [-0.39, 0.29) is 0 Å². The van der Waals surface area contributed by atoms with Gasteiger partial charge in [-0.1, -0.05) is 40.2 Å². The minimum atomic E-state index is 0.373. The highest BCUT2D eigenvalue weighted by Gasteiger charge is 2.17. The number of ether oxygens (including phenoxy) is 1. The van der Waals surface area contributed by atoms with Crippen LogP contribution in [0, 0.1) is 13.8 Å². The van der Waals surface area contributed by atoms with Gasteiger partial charge in [-0.15, -0.1) is 0 Å². The largest absolute Gasteiger partial charge is 0.378 e. The summed E-state index contributed by atoms with van der Waals surface area (Å²) in [6.07, 6.45) is 1.72. The molecule has 1 aromatic heterocycles. The molecule has 31 heavy (non-hydrogen) atoms. The number of rotatable bonds is 6. The number of benzene rings is 2. The maximum atomic E-state index is 5.46. The average molecular weight is 482 g/mol. The number of hydrogen-bond donors (Lipinski definition) is 2. The molecule has 2 heterocycles. The fourth-order valence-corrected chi connectivity index (χ4v) is 3.34. The van der Waals surface area contributed by atoms with Crippen molar-refractivity contribution in [1.82, 2.24) is 15.0 Å². The van der Waals surface area contributed by atoms with Gasteiger partial charge in [0.05, 0.1) is 19.4 Å². The van der Waals surface area contributed by atoms with Crippen LogP contribution in [-0.4, -0.2) is 47.5 Å². The van der Waals surface area contributed by atoms with E-state index in [2.05, 4.69) is 76.7 Å². The third-order valence-corrected chi connectivity index (χ3v) is 5.33. The molecular formula is C22H24BrN7O. The third-order valence-electron chi connectivity index (χ3n) is 4.81. The highest BCUT2D eigenvalue weighted by atomic mass is 79.9. The van der Waals surface area contributed by atoms with E-state index < -0.39 is 0 Å². The van der Waals surface area contributed by atoms with Crippen LogP contribution in [-0.2, 0) is 4.74 Å². The van der Waals surface area contributed by atoms with Gasteiger partial charge in [0.15, 0.2) is 0 Å². The minimum Gasteiger partial charge on any atom is -0.378 e. The second-order valence-corrected chi connectivity index (χ2v) is 8.16. The summed E-state index contributed by atoms with van der Waals surface area (Å²) in [5.41, 5.74) is 7.14. The van der Waals surface area contributed by atoms with Gasteiger partial charge >= 0.3 is 0 Å². The van der Waals surface area contributed by atoms with Crippen molar-refractivity contribution in [3.8, 4) is 0 Å². The average Bonchev–Trinajstić information content (AvgIpc) is 2.78. The first kappa shape index (κ1) is 21.2. The molecule has 4 rings (SSSR count). The Morgan fingerprint density at radius 2 is 1.74 bits per heavy atom. The standard InChI is InChI=1S/C22H24BrN7O/c1-15-3-4-16(2)19(13-15)25-20-26-21(28-22(27-20)30-9-11-31-12-10-30)29-24-14-17-5-7-18(23)8-6-17/h3-8,13-14H,9-12H2,1-2H3,(H2,25,26,27,28,29)/b24-14+. The van der Waals surface area contributed by atoms with Gasteiger partial charge in [-0.3, -0.25) is 0 Å². The Bertz CT molecular complexity index is 1070. The van der Waals surface area contributed by atoms with Crippen LogP contribution in [0.4, 0.5) is 23.5 Å². The molecule has 1 aliphatic rings. The number of hydrazone groups is 1. The van der Waals surface area contributed by atoms with E-state index in [4.69, 9.17) is 4.74 Å². The highest BCUT2D eigenvalue weighted by Crippen LogP contribution is 2.22. The van der Waals surface area contributed by atoms with Crippen molar-refractivity contribution < 1.29 is 4.74 Å². The molecule has 8 nitrogen and oxygen atoms in total. The molecular weight excluding hydrogens is 458 g/mol. The van der Waals surface area contributed by atoms with Gasteiger partial charge in [0.2, 0.25) is 17.8 Å². The molecule has 0 spiro atoms. The molecule has 0 amide bonds. The lowest BCUT2D eigenvalue weighted by molar-refractivity contribution is 0.122. The number of morpholine rings is 1. The zero-order chi connectivity index (χ0) is 21.6. The van der Waals surface area contributed by atoms with E-state index in [0.29, 0.717) is 31.1 Å². The predicted molar refractivity (Wildman–Crippen MR) is 127 cm³/mol. The number of halogens is 1. The smallest absolute Gasteiger partial charge is 0.250 e. The van der Waals surface area contributed by atoms with Crippen molar-refractivity contribution >= 4 is 45.7 Å². The van der Waals surface area contributed by atoms with E-state index in [1.807, 2.05) is 31.2 Å². The van der Waals surface area contributed by atoms with E-state index in [0.717, 1.165) is 39.9 Å². The second kappa shape index (κ2) is 9.84. The lowest BCUT2D eigenvalue weighted by Crippen LogP contribution is -2.37. The van der Waals surface area contributed by atoms with Crippen molar-refractivity contribution in [1.29, 1.82) is 0 Å². The summed E-state index contributed by atoms with van der Waals surface area (Å²) in [5, 5.41) is 7.62. The van der Waals surface area contributed by atoms with Crippen molar-refractivity contribution in [3.63, 3.8) is 0 Å². The SMILES string of the molecule is Cc1ccc(C)c(Nc2nc(N/N=C/c3ccc(Br)cc3)nc(N3CCOCC3)n2)c1. The summed E-state index contributed by atoms with van der Waals surface area (Å²) in [7, 11) is 0. The molecule has 9 heteroatoms. The van der Waals surface area contributed by atoms with Crippen LogP contribution in [0.2, 0.25) is 0 Å². The molecule has 0 radical (unpaired) electrons. The lowest BCUT2D eigenvalue weighted by Gasteiger charge is -2.27. The summed E-state index contributed by atoms with van der Waals surface area (Å²) in [4.78, 5) is 15.8. The van der Waals surface area contributed by atoms with Gasteiger partial charge in [0, 0.05) is 23.2 Å². The number of anilines is 4. The van der Waals surface area contributed by atoms with E-state index in [1.54, 1.807) is 6.21 Å². The first-order valence-electron chi connectivity index (χ1n) is 10.0. The molecule has 0 bridgehead atoms. The van der Waals surface area contributed by atoms with Crippen molar-refractivity contribution in [2.75, 3.05) is 41.9 Å². The summed E-state index contributed by atoms with van der Waals surface area (Å²) in [6, 6.07) is 14.1. The number of nitrogens with one attached hydrogen (secondary N) is 2. The zero-order valence-corrected chi connectivity index (χ0v) is 19.1. The van der Waals surface area contributed by atoms with Gasteiger partial charge in [0.25, 0.3) is 0 Å². The van der Waals surface area contributed by atoms with Crippen LogP contribution >= 0.6 is 15.9 Å². The first-order valence-corrected chi connectivity index (χ1v) is 10.8. The normalized spacial score (nSPS) is 14.1. The van der Waals surface area contributed by atoms with Crippen LogP contribution in [0.1, 0.15) is 16.7 Å². The molecule has 0 unspecified atom stereocenters. The van der Waals surface area contributed by atoms with Crippen LogP contribution in [0.25, 0.3) is 0 Å².